The van der Waals surface area contributed by atoms with Crippen LogP contribution in [0, 0.1) is 12.8 Å². The molecule has 168 valence electrons. The lowest BCUT2D eigenvalue weighted by Gasteiger charge is -2.32. The highest BCUT2D eigenvalue weighted by molar-refractivity contribution is 6.30. The molecule has 1 aliphatic rings. The van der Waals surface area contributed by atoms with Crippen LogP contribution in [0.2, 0.25) is 5.02 Å². The van der Waals surface area contributed by atoms with Gasteiger partial charge in [0.1, 0.15) is 0 Å². The van der Waals surface area contributed by atoms with Crippen LogP contribution in [-0.4, -0.2) is 34.0 Å². The Kier molecular flexibility index (Phi) is 7.22. The second kappa shape index (κ2) is 10.3. The molecule has 0 spiro atoms. The molecule has 2 atom stereocenters. The molecule has 6 nitrogen and oxygen atoms in total. The van der Waals surface area contributed by atoms with Crippen molar-refractivity contribution in [1.29, 1.82) is 0 Å². The summed E-state index contributed by atoms with van der Waals surface area (Å²) in [6, 6.07) is 15.7. The quantitative estimate of drug-likeness (QED) is 0.535. The standard InChI is InChI=1S/C25H29ClN4O2/c1-3-22(21-9-5-4-7-17(21)2)27-25(31)19-8-6-14-30(15-19)16-23-28-24(29-32-23)18-10-12-20(26)13-11-18/h4-5,7,9-13,19,22H,3,6,8,14-16H2,1-2H3,(H,27,31). The number of rotatable bonds is 7. The Morgan fingerprint density at radius 2 is 2.03 bits per heavy atom. The minimum atomic E-state index is -0.0412. The number of benzene rings is 2. The number of amides is 1. The molecule has 7 heteroatoms. The molecule has 4 rings (SSSR count). The van der Waals surface area contributed by atoms with Gasteiger partial charge in [-0.3, -0.25) is 9.69 Å². The zero-order valence-corrected chi connectivity index (χ0v) is 19.3. The van der Waals surface area contributed by atoms with Crippen LogP contribution in [0.4, 0.5) is 0 Å². The molecule has 1 aromatic heterocycles. The second-order valence-electron chi connectivity index (χ2n) is 8.42. The summed E-state index contributed by atoms with van der Waals surface area (Å²) >= 11 is 5.95. The van der Waals surface area contributed by atoms with Gasteiger partial charge in [-0.15, -0.1) is 0 Å². The third-order valence-electron chi connectivity index (χ3n) is 6.09. The van der Waals surface area contributed by atoms with Gasteiger partial charge >= 0.3 is 0 Å². The van der Waals surface area contributed by atoms with Crippen molar-refractivity contribution in [2.75, 3.05) is 13.1 Å². The predicted octanol–water partition coefficient (Wildman–Crippen LogP) is 5.18. The van der Waals surface area contributed by atoms with Crippen molar-refractivity contribution in [3.05, 3.63) is 70.6 Å². The fraction of sp³-hybridized carbons (Fsp3) is 0.400. The molecule has 1 saturated heterocycles. The van der Waals surface area contributed by atoms with E-state index in [1.807, 2.05) is 24.3 Å². The van der Waals surface area contributed by atoms with Crippen LogP contribution in [0.25, 0.3) is 11.4 Å². The minimum Gasteiger partial charge on any atom is -0.349 e. The van der Waals surface area contributed by atoms with Gasteiger partial charge in [-0.2, -0.15) is 4.98 Å². The van der Waals surface area contributed by atoms with Crippen molar-refractivity contribution in [2.24, 2.45) is 5.92 Å². The van der Waals surface area contributed by atoms with Gasteiger partial charge in [0.05, 0.1) is 18.5 Å². The number of hydrogen-bond donors (Lipinski definition) is 1. The second-order valence-corrected chi connectivity index (χ2v) is 8.86. The first-order valence-electron chi connectivity index (χ1n) is 11.2. The molecule has 2 unspecified atom stereocenters. The highest BCUT2D eigenvalue weighted by Gasteiger charge is 2.28. The fourth-order valence-electron chi connectivity index (χ4n) is 4.31. The lowest BCUT2D eigenvalue weighted by molar-refractivity contribution is -0.127. The van der Waals surface area contributed by atoms with E-state index < -0.39 is 0 Å². The van der Waals surface area contributed by atoms with Gasteiger partial charge in [-0.25, -0.2) is 0 Å². The molecule has 32 heavy (non-hydrogen) atoms. The summed E-state index contributed by atoms with van der Waals surface area (Å²) in [5.41, 5.74) is 3.26. The molecule has 1 amide bonds. The van der Waals surface area contributed by atoms with Crippen molar-refractivity contribution in [1.82, 2.24) is 20.4 Å². The number of carbonyl (C=O) groups is 1. The zero-order chi connectivity index (χ0) is 22.5. The molecule has 0 aliphatic carbocycles. The van der Waals surface area contributed by atoms with Crippen LogP contribution in [0.3, 0.4) is 0 Å². The minimum absolute atomic E-state index is 0.0388. The van der Waals surface area contributed by atoms with Gasteiger partial charge in [0.2, 0.25) is 17.6 Å². The summed E-state index contributed by atoms with van der Waals surface area (Å²) < 4.78 is 5.46. The van der Waals surface area contributed by atoms with E-state index in [1.165, 1.54) is 11.1 Å². The average molecular weight is 453 g/mol. The smallest absolute Gasteiger partial charge is 0.241 e. The highest BCUT2D eigenvalue weighted by atomic mass is 35.5. The van der Waals surface area contributed by atoms with E-state index in [9.17, 15) is 4.79 Å². The molecule has 0 bridgehead atoms. The predicted molar refractivity (Wildman–Crippen MR) is 125 cm³/mol. The van der Waals surface area contributed by atoms with E-state index >= 15 is 0 Å². The summed E-state index contributed by atoms with van der Waals surface area (Å²) in [6.07, 6.45) is 2.73. The number of piperidine rings is 1. The number of likely N-dealkylation sites (tertiary alicyclic amines) is 1. The third kappa shape index (κ3) is 5.37. The SMILES string of the molecule is CCC(NC(=O)C1CCCN(Cc2nc(-c3ccc(Cl)cc3)no2)C1)c1ccccc1C. The Hall–Kier alpha value is -2.70. The molecule has 1 fully saturated rings. The Bertz CT molecular complexity index is 1050. The topological polar surface area (TPSA) is 71.3 Å². The van der Waals surface area contributed by atoms with E-state index in [1.54, 1.807) is 12.1 Å². The van der Waals surface area contributed by atoms with E-state index in [0.29, 0.717) is 29.8 Å². The van der Waals surface area contributed by atoms with Crippen LogP contribution in [0.5, 0.6) is 0 Å². The molecule has 0 saturated carbocycles. The van der Waals surface area contributed by atoms with Gasteiger partial charge in [0.25, 0.3) is 0 Å². The number of hydrogen-bond acceptors (Lipinski definition) is 5. The zero-order valence-electron chi connectivity index (χ0n) is 18.6. The molecule has 1 N–H and O–H groups in total. The Labute approximate surface area is 194 Å². The van der Waals surface area contributed by atoms with Crippen LogP contribution in [0.1, 0.15) is 49.2 Å². The van der Waals surface area contributed by atoms with Gasteiger partial charge < -0.3 is 9.84 Å². The van der Waals surface area contributed by atoms with Crippen LogP contribution < -0.4 is 5.32 Å². The maximum atomic E-state index is 13.1. The maximum Gasteiger partial charge on any atom is 0.241 e. The van der Waals surface area contributed by atoms with Crippen LogP contribution >= 0.6 is 11.6 Å². The number of nitrogens with one attached hydrogen (secondary N) is 1. The van der Waals surface area contributed by atoms with Gasteiger partial charge in [0, 0.05) is 17.1 Å². The Balaban J connectivity index is 1.36. The summed E-state index contributed by atoms with van der Waals surface area (Å²) in [6.45, 7) is 6.35. The van der Waals surface area contributed by atoms with Crippen LogP contribution in [-0.2, 0) is 11.3 Å². The van der Waals surface area contributed by atoms with E-state index in [0.717, 1.165) is 31.4 Å². The first kappa shape index (κ1) is 22.5. The lowest BCUT2D eigenvalue weighted by atomic mass is 9.94. The Morgan fingerprint density at radius 3 is 2.78 bits per heavy atom. The van der Waals surface area contributed by atoms with Crippen molar-refractivity contribution >= 4 is 17.5 Å². The molecule has 2 aromatic carbocycles. The Morgan fingerprint density at radius 1 is 1.25 bits per heavy atom. The fourth-order valence-corrected chi connectivity index (χ4v) is 4.43. The van der Waals surface area contributed by atoms with Crippen molar-refractivity contribution in [3.63, 3.8) is 0 Å². The first-order chi connectivity index (χ1) is 15.5. The normalized spacial score (nSPS) is 17.8. The largest absolute Gasteiger partial charge is 0.349 e. The van der Waals surface area contributed by atoms with Crippen molar-refractivity contribution in [3.8, 4) is 11.4 Å². The first-order valence-corrected chi connectivity index (χ1v) is 11.6. The summed E-state index contributed by atoms with van der Waals surface area (Å²) in [7, 11) is 0. The summed E-state index contributed by atoms with van der Waals surface area (Å²) in [5.74, 6) is 1.19. The average Bonchev–Trinajstić information content (AvgIpc) is 3.27. The lowest BCUT2D eigenvalue weighted by Crippen LogP contribution is -2.43. The number of halogens is 1. The van der Waals surface area contributed by atoms with Gasteiger partial charge in [0.15, 0.2) is 0 Å². The molecule has 2 heterocycles. The number of aromatic nitrogens is 2. The van der Waals surface area contributed by atoms with E-state index in [4.69, 9.17) is 16.1 Å². The van der Waals surface area contributed by atoms with Crippen molar-refractivity contribution in [2.45, 2.75) is 45.7 Å². The van der Waals surface area contributed by atoms with E-state index in [2.05, 4.69) is 46.3 Å². The van der Waals surface area contributed by atoms with Crippen LogP contribution in [0.15, 0.2) is 53.1 Å². The van der Waals surface area contributed by atoms with Crippen molar-refractivity contribution < 1.29 is 9.32 Å². The molecule has 0 radical (unpaired) electrons. The third-order valence-corrected chi connectivity index (χ3v) is 6.35. The molecular formula is C25H29ClN4O2. The van der Waals surface area contributed by atoms with Gasteiger partial charge in [-0.05, 0) is 68.1 Å². The maximum absolute atomic E-state index is 13.1. The monoisotopic (exact) mass is 452 g/mol. The van der Waals surface area contributed by atoms with Gasteiger partial charge in [-0.1, -0.05) is 47.9 Å². The summed E-state index contributed by atoms with van der Waals surface area (Å²) in [4.78, 5) is 19.8. The summed E-state index contributed by atoms with van der Waals surface area (Å²) in [5, 5.41) is 8.04. The number of aryl methyl sites for hydroxylation is 1. The molecule has 1 aliphatic heterocycles. The molecule has 3 aromatic rings. The number of nitrogens with zero attached hydrogens (tertiary/aromatic N) is 3. The highest BCUT2D eigenvalue weighted by Crippen LogP contribution is 2.24. The van der Waals surface area contributed by atoms with E-state index in [-0.39, 0.29) is 17.9 Å². The number of carbonyl (C=O) groups excluding carboxylic acids is 1. The molecular weight excluding hydrogens is 424 g/mol.